The molecule has 0 unspecified atom stereocenters. The molecule has 0 radical (unpaired) electrons. The minimum Gasteiger partial charge on any atom is -0.493 e. The zero-order valence-corrected chi connectivity index (χ0v) is 19.9. The molecule has 10 heteroatoms. The SMILES string of the molecule is CCOc1cc(C)c2nn(CC(=O)c3cc(OCCO)c(OC)c(C(C)(C)C)c3)c(=N)n2n1. The van der Waals surface area contributed by atoms with E-state index in [-0.39, 0.29) is 36.6 Å². The zero-order valence-electron chi connectivity index (χ0n) is 19.9. The molecule has 0 fully saturated rings. The molecular weight excluding hydrogens is 426 g/mol. The summed E-state index contributed by atoms with van der Waals surface area (Å²) in [5.74, 6) is 1.05. The summed E-state index contributed by atoms with van der Waals surface area (Å²) < 4.78 is 19.4. The summed E-state index contributed by atoms with van der Waals surface area (Å²) in [6.07, 6.45) is 0. The summed E-state index contributed by atoms with van der Waals surface area (Å²) in [7, 11) is 1.54. The van der Waals surface area contributed by atoms with Gasteiger partial charge in [-0.25, -0.2) is 4.68 Å². The van der Waals surface area contributed by atoms with E-state index >= 15 is 0 Å². The third kappa shape index (κ3) is 5.00. The predicted molar refractivity (Wildman–Crippen MR) is 121 cm³/mol. The lowest BCUT2D eigenvalue weighted by molar-refractivity contribution is 0.0964. The second-order valence-electron chi connectivity index (χ2n) is 8.62. The van der Waals surface area contributed by atoms with Crippen molar-refractivity contribution in [2.24, 2.45) is 0 Å². The highest BCUT2D eigenvalue weighted by atomic mass is 16.5. The molecule has 0 aliphatic rings. The molecule has 0 atom stereocenters. The number of aromatic nitrogens is 4. The zero-order chi connectivity index (χ0) is 24.3. The first kappa shape index (κ1) is 24.2. The van der Waals surface area contributed by atoms with Gasteiger partial charge in [0, 0.05) is 22.8 Å². The Balaban J connectivity index is 2.03. The molecule has 3 aromatic rings. The number of aryl methyl sites for hydroxylation is 1. The number of rotatable bonds is 9. The van der Waals surface area contributed by atoms with Gasteiger partial charge in [-0.05, 0) is 31.4 Å². The Labute approximate surface area is 192 Å². The maximum absolute atomic E-state index is 13.3. The molecule has 0 spiro atoms. The van der Waals surface area contributed by atoms with Crippen LogP contribution >= 0.6 is 0 Å². The van der Waals surface area contributed by atoms with E-state index in [1.165, 1.54) is 9.20 Å². The number of nitrogens with one attached hydrogen (secondary N) is 1. The van der Waals surface area contributed by atoms with Crippen LogP contribution in [0.2, 0.25) is 0 Å². The first-order valence-electron chi connectivity index (χ1n) is 10.7. The van der Waals surface area contributed by atoms with Crippen molar-refractivity contribution in [3.05, 3.63) is 40.5 Å². The molecule has 178 valence electrons. The van der Waals surface area contributed by atoms with Crippen LogP contribution in [0.4, 0.5) is 0 Å². The topological polar surface area (TPSA) is 124 Å². The van der Waals surface area contributed by atoms with E-state index in [2.05, 4.69) is 10.2 Å². The standard InChI is InChI=1S/C23H31N5O5/c1-7-32-19-10-14(2)21-26-27(22(24)28(21)25-19)13-17(30)15-11-16(23(3,4)5)20(31-6)18(12-15)33-9-8-29/h10-12,24,29H,7-9,13H2,1-6H3. The van der Waals surface area contributed by atoms with Crippen molar-refractivity contribution in [1.29, 1.82) is 5.41 Å². The third-order valence-electron chi connectivity index (χ3n) is 5.08. The van der Waals surface area contributed by atoms with Crippen molar-refractivity contribution < 1.29 is 24.1 Å². The van der Waals surface area contributed by atoms with Crippen molar-refractivity contribution in [2.75, 3.05) is 26.9 Å². The first-order valence-corrected chi connectivity index (χ1v) is 10.7. The van der Waals surface area contributed by atoms with Crippen LogP contribution < -0.4 is 19.8 Å². The number of Topliss-reactive ketones (excluding diaryl/α,β-unsaturated/α-hetero) is 1. The molecule has 0 aliphatic heterocycles. The van der Waals surface area contributed by atoms with Gasteiger partial charge in [0.25, 0.3) is 0 Å². The van der Waals surface area contributed by atoms with Gasteiger partial charge >= 0.3 is 0 Å². The normalized spacial score (nSPS) is 11.6. The fourth-order valence-corrected chi connectivity index (χ4v) is 3.48. The summed E-state index contributed by atoms with van der Waals surface area (Å²) in [5.41, 5.74) is 2.10. The number of hydrogen-bond acceptors (Lipinski definition) is 8. The number of carbonyl (C=O) groups is 1. The van der Waals surface area contributed by atoms with E-state index < -0.39 is 0 Å². The average Bonchev–Trinajstić information content (AvgIpc) is 3.07. The van der Waals surface area contributed by atoms with Gasteiger partial charge in [0.1, 0.15) is 13.2 Å². The molecule has 2 N–H and O–H groups in total. The number of hydrogen-bond donors (Lipinski definition) is 2. The molecule has 1 aromatic carbocycles. The van der Waals surface area contributed by atoms with Crippen LogP contribution in [0, 0.1) is 12.3 Å². The second-order valence-corrected chi connectivity index (χ2v) is 8.62. The van der Waals surface area contributed by atoms with Gasteiger partial charge in [-0.1, -0.05) is 20.8 Å². The Hall–Kier alpha value is -3.40. The Bertz CT molecular complexity index is 1220. The van der Waals surface area contributed by atoms with Gasteiger partial charge in [-0.3, -0.25) is 10.2 Å². The van der Waals surface area contributed by atoms with Gasteiger partial charge < -0.3 is 19.3 Å². The van der Waals surface area contributed by atoms with Gasteiger partial charge in [-0.15, -0.1) is 10.2 Å². The Morgan fingerprint density at radius 1 is 1.18 bits per heavy atom. The quantitative estimate of drug-likeness (QED) is 0.472. The summed E-state index contributed by atoms with van der Waals surface area (Å²) in [4.78, 5) is 13.3. The van der Waals surface area contributed by atoms with E-state index in [9.17, 15) is 9.90 Å². The summed E-state index contributed by atoms with van der Waals surface area (Å²) in [6, 6.07) is 5.13. The monoisotopic (exact) mass is 457 g/mol. The minimum absolute atomic E-state index is 0.0377. The molecule has 2 heterocycles. The number of ketones is 1. The highest BCUT2D eigenvalue weighted by Crippen LogP contribution is 2.39. The lowest BCUT2D eigenvalue weighted by Gasteiger charge is -2.25. The number of ether oxygens (including phenoxy) is 3. The van der Waals surface area contributed by atoms with Crippen LogP contribution in [0.5, 0.6) is 17.4 Å². The van der Waals surface area contributed by atoms with Crippen LogP contribution in [0.1, 0.15) is 49.2 Å². The number of nitrogens with zero attached hydrogens (tertiary/aromatic N) is 4. The van der Waals surface area contributed by atoms with E-state index in [1.807, 2.05) is 34.6 Å². The summed E-state index contributed by atoms with van der Waals surface area (Å²) >= 11 is 0. The van der Waals surface area contributed by atoms with Crippen LogP contribution in [-0.4, -0.2) is 57.2 Å². The van der Waals surface area contributed by atoms with Crippen molar-refractivity contribution in [1.82, 2.24) is 19.4 Å². The Morgan fingerprint density at radius 2 is 1.91 bits per heavy atom. The molecule has 0 aliphatic carbocycles. The summed E-state index contributed by atoms with van der Waals surface area (Å²) in [5, 5.41) is 26.4. The van der Waals surface area contributed by atoms with Crippen LogP contribution in [-0.2, 0) is 12.0 Å². The highest BCUT2D eigenvalue weighted by molar-refractivity contribution is 5.97. The van der Waals surface area contributed by atoms with Crippen LogP contribution in [0.15, 0.2) is 18.2 Å². The van der Waals surface area contributed by atoms with Gasteiger partial charge in [-0.2, -0.15) is 4.52 Å². The van der Waals surface area contributed by atoms with Crippen molar-refractivity contribution >= 4 is 11.4 Å². The second kappa shape index (κ2) is 9.62. The fourth-order valence-electron chi connectivity index (χ4n) is 3.48. The molecule has 0 saturated heterocycles. The van der Waals surface area contributed by atoms with Crippen LogP contribution in [0.3, 0.4) is 0 Å². The number of methoxy groups -OCH3 is 1. The predicted octanol–water partition coefficient (Wildman–Crippen LogP) is 2.28. The Kier molecular flexibility index (Phi) is 7.06. The fraction of sp³-hybridized carbons (Fsp3) is 0.478. The molecule has 0 saturated carbocycles. The Morgan fingerprint density at radius 3 is 2.52 bits per heavy atom. The van der Waals surface area contributed by atoms with Crippen molar-refractivity contribution in [3.8, 4) is 17.4 Å². The highest BCUT2D eigenvalue weighted by Gasteiger charge is 2.25. The first-order chi connectivity index (χ1) is 15.6. The van der Waals surface area contributed by atoms with Crippen molar-refractivity contribution in [2.45, 2.75) is 46.6 Å². The largest absolute Gasteiger partial charge is 0.493 e. The maximum Gasteiger partial charge on any atom is 0.242 e. The molecule has 0 amide bonds. The van der Waals surface area contributed by atoms with E-state index in [1.54, 1.807) is 25.3 Å². The minimum atomic E-state index is -0.327. The number of aliphatic hydroxyl groups excluding tert-OH is 1. The van der Waals surface area contributed by atoms with Crippen molar-refractivity contribution in [3.63, 3.8) is 0 Å². The smallest absolute Gasteiger partial charge is 0.242 e. The van der Waals surface area contributed by atoms with Gasteiger partial charge in [0.15, 0.2) is 22.9 Å². The number of benzene rings is 1. The van der Waals surface area contributed by atoms with Crippen LogP contribution in [0.25, 0.3) is 5.65 Å². The lowest BCUT2D eigenvalue weighted by atomic mass is 9.84. The van der Waals surface area contributed by atoms with E-state index in [0.29, 0.717) is 35.2 Å². The molecular formula is C23H31N5O5. The number of fused-ring (bicyclic) bond motifs is 1. The average molecular weight is 458 g/mol. The molecule has 2 aromatic heterocycles. The summed E-state index contributed by atoms with van der Waals surface area (Å²) in [6.45, 7) is 9.95. The van der Waals surface area contributed by atoms with E-state index in [0.717, 1.165) is 11.1 Å². The van der Waals surface area contributed by atoms with E-state index in [4.69, 9.17) is 19.6 Å². The number of aliphatic hydroxyl groups is 1. The lowest BCUT2D eigenvalue weighted by Crippen LogP contribution is -2.26. The molecule has 33 heavy (non-hydrogen) atoms. The van der Waals surface area contributed by atoms with Gasteiger partial charge in [0.2, 0.25) is 11.5 Å². The molecule has 0 bridgehead atoms. The molecule has 3 rings (SSSR count). The number of carbonyl (C=O) groups excluding carboxylic acids is 1. The third-order valence-corrected chi connectivity index (χ3v) is 5.08. The molecule has 10 nitrogen and oxygen atoms in total. The van der Waals surface area contributed by atoms with Gasteiger partial charge in [0.05, 0.1) is 20.3 Å². The maximum atomic E-state index is 13.3.